The van der Waals surface area contributed by atoms with E-state index in [1.807, 2.05) is 0 Å². The molecule has 0 aliphatic carbocycles. The first-order chi connectivity index (χ1) is 9.41. The van der Waals surface area contributed by atoms with Gasteiger partial charge in [0.15, 0.2) is 0 Å². The molecule has 20 heavy (non-hydrogen) atoms. The number of carboxylic acids is 1. The summed E-state index contributed by atoms with van der Waals surface area (Å²) in [4.78, 5) is 10.6. The van der Waals surface area contributed by atoms with Crippen LogP contribution in [0.25, 0.3) is 6.08 Å². The van der Waals surface area contributed by atoms with E-state index >= 15 is 0 Å². The Morgan fingerprint density at radius 2 is 1.95 bits per heavy atom. The number of nitrogens with zero attached hydrogens (tertiary/aromatic N) is 1. The number of benzene rings is 1. The molecule has 0 fully saturated rings. The SMILES string of the molecule is C=CCN(CC)S(=O)(=O)c1ccc(/C=C/C(=O)O)cc1. The third-order valence-electron chi connectivity index (χ3n) is 2.62. The number of sulfonamides is 1. The van der Waals surface area contributed by atoms with Gasteiger partial charge in [-0.3, -0.25) is 0 Å². The summed E-state index contributed by atoms with van der Waals surface area (Å²) >= 11 is 0. The van der Waals surface area contributed by atoms with Crippen LogP contribution < -0.4 is 0 Å². The third-order valence-corrected chi connectivity index (χ3v) is 4.58. The molecule has 0 aliphatic heterocycles. The number of aliphatic carboxylic acids is 1. The molecular formula is C14H17NO4S. The summed E-state index contributed by atoms with van der Waals surface area (Å²) in [7, 11) is -3.54. The summed E-state index contributed by atoms with van der Waals surface area (Å²) in [5.41, 5.74) is 0.623. The average Bonchev–Trinajstić information content (AvgIpc) is 2.42. The van der Waals surface area contributed by atoms with Crippen LogP contribution in [0.2, 0.25) is 0 Å². The second-order valence-electron chi connectivity index (χ2n) is 3.98. The maximum Gasteiger partial charge on any atom is 0.328 e. The molecule has 1 aromatic carbocycles. The van der Waals surface area contributed by atoms with Crippen LogP contribution in [0.15, 0.2) is 47.9 Å². The zero-order valence-corrected chi connectivity index (χ0v) is 12.0. The van der Waals surface area contributed by atoms with E-state index in [0.717, 1.165) is 6.08 Å². The lowest BCUT2D eigenvalue weighted by Crippen LogP contribution is -2.30. The van der Waals surface area contributed by atoms with Gasteiger partial charge in [0.1, 0.15) is 0 Å². The van der Waals surface area contributed by atoms with Crippen LogP contribution in [0.4, 0.5) is 0 Å². The van der Waals surface area contributed by atoms with Gasteiger partial charge in [0.2, 0.25) is 10.0 Å². The van der Waals surface area contributed by atoms with Crippen molar-refractivity contribution < 1.29 is 18.3 Å². The van der Waals surface area contributed by atoms with E-state index in [4.69, 9.17) is 5.11 Å². The van der Waals surface area contributed by atoms with E-state index in [9.17, 15) is 13.2 Å². The molecule has 5 nitrogen and oxygen atoms in total. The molecular weight excluding hydrogens is 278 g/mol. The topological polar surface area (TPSA) is 74.7 Å². The Hall–Kier alpha value is -1.92. The van der Waals surface area contributed by atoms with Crippen LogP contribution in [-0.4, -0.2) is 36.9 Å². The molecule has 0 bridgehead atoms. The fraction of sp³-hybridized carbons (Fsp3) is 0.214. The van der Waals surface area contributed by atoms with E-state index in [0.29, 0.717) is 12.1 Å². The molecule has 0 aliphatic rings. The Morgan fingerprint density at radius 1 is 1.35 bits per heavy atom. The van der Waals surface area contributed by atoms with E-state index in [1.165, 1.54) is 28.6 Å². The molecule has 0 spiro atoms. The number of likely N-dealkylation sites (N-methyl/N-ethyl adjacent to an activating group) is 1. The van der Waals surface area contributed by atoms with Gasteiger partial charge >= 0.3 is 5.97 Å². The van der Waals surface area contributed by atoms with Gasteiger partial charge in [-0.05, 0) is 23.8 Å². The summed E-state index contributed by atoms with van der Waals surface area (Å²) in [5.74, 6) is -1.05. The Balaban J connectivity index is 3.03. The van der Waals surface area contributed by atoms with Gasteiger partial charge in [0, 0.05) is 19.2 Å². The van der Waals surface area contributed by atoms with Crippen molar-refractivity contribution in [2.45, 2.75) is 11.8 Å². The zero-order chi connectivity index (χ0) is 15.2. The summed E-state index contributed by atoms with van der Waals surface area (Å²) in [6.45, 7) is 5.90. The first-order valence-corrected chi connectivity index (χ1v) is 7.48. The summed E-state index contributed by atoms with van der Waals surface area (Å²) in [6.07, 6.45) is 3.94. The molecule has 6 heteroatoms. The van der Waals surface area contributed by atoms with Gasteiger partial charge in [-0.15, -0.1) is 6.58 Å². The normalized spacial score (nSPS) is 11.9. The van der Waals surface area contributed by atoms with Crippen molar-refractivity contribution in [1.29, 1.82) is 0 Å². The highest BCUT2D eigenvalue weighted by Gasteiger charge is 2.21. The lowest BCUT2D eigenvalue weighted by molar-refractivity contribution is -0.131. The molecule has 0 aromatic heterocycles. The second kappa shape index (κ2) is 7.02. The number of rotatable bonds is 7. The minimum atomic E-state index is -3.54. The molecule has 1 N–H and O–H groups in total. The Labute approximate surface area is 118 Å². The molecule has 108 valence electrons. The van der Waals surface area contributed by atoms with Crippen LogP contribution in [0.1, 0.15) is 12.5 Å². The number of hydrogen-bond donors (Lipinski definition) is 1. The van der Waals surface area contributed by atoms with Gasteiger partial charge in [0.05, 0.1) is 4.90 Å². The third kappa shape index (κ3) is 4.04. The molecule has 1 aromatic rings. The Kier molecular flexibility index (Phi) is 5.66. The Bertz CT molecular complexity index is 603. The van der Waals surface area contributed by atoms with Crippen LogP contribution in [0, 0.1) is 0 Å². The van der Waals surface area contributed by atoms with Gasteiger partial charge in [-0.2, -0.15) is 4.31 Å². The maximum atomic E-state index is 12.3. The molecule has 0 radical (unpaired) electrons. The van der Waals surface area contributed by atoms with Crippen molar-refractivity contribution >= 4 is 22.1 Å². The van der Waals surface area contributed by atoms with Gasteiger partial charge in [-0.1, -0.05) is 25.1 Å². The molecule has 0 atom stereocenters. The lowest BCUT2D eigenvalue weighted by atomic mass is 10.2. The van der Waals surface area contributed by atoms with E-state index < -0.39 is 16.0 Å². The molecule has 0 unspecified atom stereocenters. The standard InChI is InChI=1S/C14H17NO4S/c1-3-11-15(4-2)20(18,19)13-8-5-12(6-9-13)7-10-14(16)17/h3,5-10H,1,4,11H2,2H3,(H,16,17)/b10-7+. The van der Waals surface area contributed by atoms with Crippen LogP contribution in [-0.2, 0) is 14.8 Å². The van der Waals surface area contributed by atoms with E-state index in [2.05, 4.69) is 6.58 Å². The average molecular weight is 295 g/mol. The number of carbonyl (C=O) groups is 1. The van der Waals surface area contributed by atoms with Crippen molar-refractivity contribution in [1.82, 2.24) is 4.31 Å². The van der Waals surface area contributed by atoms with Crippen molar-refractivity contribution in [3.8, 4) is 0 Å². The van der Waals surface area contributed by atoms with Gasteiger partial charge in [0.25, 0.3) is 0 Å². The molecule has 1 rings (SSSR count). The van der Waals surface area contributed by atoms with Crippen molar-refractivity contribution in [2.24, 2.45) is 0 Å². The minimum Gasteiger partial charge on any atom is -0.478 e. The first kappa shape index (κ1) is 16.1. The van der Waals surface area contributed by atoms with E-state index in [1.54, 1.807) is 19.1 Å². The summed E-state index contributed by atoms with van der Waals surface area (Å²) in [5, 5.41) is 8.52. The maximum absolute atomic E-state index is 12.3. The molecule has 0 amide bonds. The van der Waals surface area contributed by atoms with Crippen LogP contribution >= 0.6 is 0 Å². The number of carboxylic acid groups (broad SMARTS) is 1. The highest BCUT2D eigenvalue weighted by atomic mass is 32.2. The predicted octanol–water partition coefficient (Wildman–Crippen LogP) is 1.98. The van der Waals surface area contributed by atoms with Crippen molar-refractivity contribution in [3.63, 3.8) is 0 Å². The van der Waals surface area contributed by atoms with Crippen molar-refractivity contribution in [2.75, 3.05) is 13.1 Å². The number of hydrogen-bond acceptors (Lipinski definition) is 3. The highest BCUT2D eigenvalue weighted by Crippen LogP contribution is 2.16. The fourth-order valence-corrected chi connectivity index (χ4v) is 3.03. The summed E-state index contributed by atoms with van der Waals surface area (Å²) < 4.78 is 25.9. The van der Waals surface area contributed by atoms with Crippen LogP contribution in [0.3, 0.4) is 0 Å². The molecule has 0 heterocycles. The van der Waals surface area contributed by atoms with Crippen molar-refractivity contribution in [3.05, 3.63) is 48.6 Å². The Morgan fingerprint density at radius 3 is 2.40 bits per heavy atom. The minimum absolute atomic E-state index is 0.175. The lowest BCUT2D eigenvalue weighted by Gasteiger charge is -2.18. The van der Waals surface area contributed by atoms with E-state index in [-0.39, 0.29) is 11.4 Å². The monoisotopic (exact) mass is 295 g/mol. The first-order valence-electron chi connectivity index (χ1n) is 6.04. The fourth-order valence-electron chi connectivity index (χ4n) is 1.61. The largest absolute Gasteiger partial charge is 0.478 e. The zero-order valence-electron chi connectivity index (χ0n) is 11.2. The highest BCUT2D eigenvalue weighted by molar-refractivity contribution is 7.89. The van der Waals surface area contributed by atoms with Gasteiger partial charge in [-0.25, -0.2) is 13.2 Å². The molecule has 0 saturated carbocycles. The second-order valence-corrected chi connectivity index (χ2v) is 5.92. The smallest absolute Gasteiger partial charge is 0.328 e. The predicted molar refractivity (Wildman–Crippen MR) is 77.7 cm³/mol. The van der Waals surface area contributed by atoms with Crippen LogP contribution in [0.5, 0.6) is 0 Å². The van der Waals surface area contributed by atoms with Gasteiger partial charge < -0.3 is 5.11 Å². The molecule has 0 saturated heterocycles. The quantitative estimate of drug-likeness (QED) is 0.616. The summed E-state index contributed by atoms with van der Waals surface area (Å²) in [6, 6.07) is 6.05.